The van der Waals surface area contributed by atoms with E-state index in [4.69, 9.17) is 23.2 Å². The molecule has 0 saturated carbocycles. The first-order valence-electron chi connectivity index (χ1n) is 5.31. The molecule has 0 unspecified atom stereocenters. The molecule has 0 atom stereocenters. The SMILES string of the molecule is CC(C)CCCC(Cl)Cl.CCOC(C)=O. The molecule has 0 aromatic carbocycles. The maximum absolute atomic E-state index is 9.82. The number of hydrogen-bond acceptors (Lipinski definition) is 2. The zero-order chi connectivity index (χ0) is 12.3. The fourth-order valence-electron chi connectivity index (χ4n) is 0.884. The van der Waals surface area contributed by atoms with Crippen LogP contribution in [-0.2, 0) is 9.53 Å². The Morgan fingerprint density at radius 2 is 1.80 bits per heavy atom. The van der Waals surface area contributed by atoms with Crippen molar-refractivity contribution in [2.45, 2.75) is 51.8 Å². The van der Waals surface area contributed by atoms with E-state index in [0.717, 1.165) is 18.8 Å². The van der Waals surface area contributed by atoms with Gasteiger partial charge in [0.25, 0.3) is 0 Å². The molecule has 0 amide bonds. The van der Waals surface area contributed by atoms with Gasteiger partial charge in [-0.05, 0) is 19.3 Å². The van der Waals surface area contributed by atoms with Gasteiger partial charge in [-0.25, -0.2) is 0 Å². The van der Waals surface area contributed by atoms with Crippen molar-refractivity contribution in [1.82, 2.24) is 0 Å². The number of halogens is 2. The Kier molecular flexibility index (Phi) is 14.1. The predicted molar refractivity (Wildman–Crippen MR) is 66.5 cm³/mol. The number of alkyl halides is 2. The molecule has 0 N–H and O–H groups in total. The molecule has 92 valence electrons. The van der Waals surface area contributed by atoms with E-state index in [0.29, 0.717) is 6.61 Å². The monoisotopic (exact) mass is 256 g/mol. The summed E-state index contributed by atoms with van der Waals surface area (Å²) in [7, 11) is 0. The molecular formula is C11H22Cl2O2. The topological polar surface area (TPSA) is 26.3 Å². The lowest BCUT2D eigenvalue weighted by atomic mass is 10.1. The van der Waals surface area contributed by atoms with E-state index in [1.807, 2.05) is 0 Å². The first kappa shape index (κ1) is 17.4. The van der Waals surface area contributed by atoms with E-state index < -0.39 is 0 Å². The highest BCUT2D eigenvalue weighted by Crippen LogP contribution is 2.14. The van der Waals surface area contributed by atoms with Crippen LogP contribution in [0.2, 0.25) is 0 Å². The van der Waals surface area contributed by atoms with Crippen molar-refractivity contribution in [2.24, 2.45) is 5.92 Å². The second kappa shape index (κ2) is 12.1. The fourth-order valence-corrected chi connectivity index (χ4v) is 1.19. The summed E-state index contributed by atoms with van der Waals surface area (Å²) in [5, 5.41) is 0. The van der Waals surface area contributed by atoms with Gasteiger partial charge in [-0.3, -0.25) is 4.79 Å². The van der Waals surface area contributed by atoms with Gasteiger partial charge in [-0.1, -0.05) is 26.7 Å². The number of hydrogen-bond donors (Lipinski definition) is 0. The molecule has 0 aliphatic heterocycles. The zero-order valence-electron chi connectivity index (χ0n) is 10.1. The van der Waals surface area contributed by atoms with E-state index >= 15 is 0 Å². The Balaban J connectivity index is 0. The molecule has 0 rings (SSSR count). The van der Waals surface area contributed by atoms with Gasteiger partial charge in [0.2, 0.25) is 0 Å². The van der Waals surface area contributed by atoms with Gasteiger partial charge >= 0.3 is 5.97 Å². The summed E-state index contributed by atoms with van der Waals surface area (Å²) in [5.74, 6) is 0.564. The lowest BCUT2D eigenvalue weighted by Gasteiger charge is -2.03. The lowest BCUT2D eigenvalue weighted by Crippen LogP contribution is -1.95. The van der Waals surface area contributed by atoms with Crippen molar-refractivity contribution >= 4 is 29.2 Å². The number of carbonyl (C=O) groups excluding carboxylic acids is 1. The Labute approximate surface area is 103 Å². The summed E-state index contributed by atoms with van der Waals surface area (Å²) >= 11 is 11.1. The van der Waals surface area contributed by atoms with Crippen LogP contribution < -0.4 is 0 Å². The molecule has 0 aliphatic rings. The Bertz CT molecular complexity index is 140. The third-order valence-electron chi connectivity index (χ3n) is 1.55. The number of carbonyl (C=O) groups is 1. The quantitative estimate of drug-likeness (QED) is 0.545. The van der Waals surface area contributed by atoms with E-state index in [2.05, 4.69) is 18.6 Å². The van der Waals surface area contributed by atoms with Gasteiger partial charge in [0.1, 0.15) is 4.84 Å². The van der Waals surface area contributed by atoms with Crippen LogP contribution >= 0.6 is 23.2 Å². The summed E-state index contributed by atoms with van der Waals surface area (Å²) in [6, 6.07) is 0. The van der Waals surface area contributed by atoms with Crippen molar-refractivity contribution < 1.29 is 9.53 Å². The Morgan fingerprint density at radius 3 is 2.00 bits per heavy atom. The number of rotatable bonds is 5. The average molecular weight is 257 g/mol. The second-order valence-electron chi connectivity index (χ2n) is 3.64. The summed E-state index contributed by atoms with van der Waals surface area (Å²) in [4.78, 5) is 9.66. The largest absolute Gasteiger partial charge is 0.466 e. The molecule has 15 heavy (non-hydrogen) atoms. The van der Waals surface area contributed by atoms with Crippen molar-refractivity contribution in [3.63, 3.8) is 0 Å². The molecule has 0 aromatic heterocycles. The van der Waals surface area contributed by atoms with Crippen molar-refractivity contribution in [2.75, 3.05) is 6.61 Å². The first-order chi connectivity index (χ1) is 6.90. The van der Waals surface area contributed by atoms with Crippen LogP contribution in [0.15, 0.2) is 0 Å². The smallest absolute Gasteiger partial charge is 0.302 e. The van der Waals surface area contributed by atoms with Crippen LogP contribution in [0, 0.1) is 5.92 Å². The van der Waals surface area contributed by atoms with Crippen LogP contribution in [0.25, 0.3) is 0 Å². The highest BCUT2D eigenvalue weighted by atomic mass is 35.5. The van der Waals surface area contributed by atoms with Gasteiger partial charge in [-0.2, -0.15) is 0 Å². The number of ether oxygens (including phenoxy) is 1. The van der Waals surface area contributed by atoms with Crippen LogP contribution in [-0.4, -0.2) is 17.4 Å². The van der Waals surface area contributed by atoms with Crippen molar-refractivity contribution in [3.8, 4) is 0 Å². The maximum Gasteiger partial charge on any atom is 0.302 e. The average Bonchev–Trinajstić information content (AvgIpc) is 2.03. The summed E-state index contributed by atoms with van der Waals surface area (Å²) < 4.78 is 4.40. The predicted octanol–water partition coefficient (Wildman–Crippen LogP) is 4.19. The lowest BCUT2D eigenvalue weighted by molar-refractivity contribution is -0.140. The molecule has 0 aromatic rings. The van der Waals surface area contributed by atoms with Gasteiger partial charge in [-0.15, -0.1) is 23.2 Å². The van der Waals surface area contributed by atoms with Crippen LogP contribution in [0.1, 0.15) is 47.0 Å². The normalized spacial score (nSPS) is 9.87. The zero-order valence-corrected chi connectivity index (χ0v) is 11.6. The minimum atomic E-state index is -0.211. The highest BCUT2D eigenvalue weighted by Gasteiger charge is 1.99. The molecule has 0 saturated heterocycles. The molecule has 0 radical (unpaired) electrons. The molecule has 0 fully saturated rings. The minimum Gasteiger partial charge on any atom is -0.466 e. The molecular weight excluding hydrogens is 235 g/mol. The Morgan fingerprint density at radius 1 is 1.27 bits per heavy atom. The molecule has 0 bridgehead atoms. The van der Waals surface area contributed by atoms with E-state index in [1.54, 1.807) is 6.92 Å². The molecule has 0 spiro atoms. The van der Waals surface area contributed by atoms with E-state index in [-0.39, 0.29) is 10.8 Å². The Hall–Kier alpha value is 0.0500. The first-order valence-corrected chi connectivity index (χ1v) is 6.18. The van der Waals surface area contributed by atoms with Crippen molar-refractivity contribution in [1.29, 1.82) is 0 Å². The van der Waals surface area contributed by atoms with Gasteiger partial charge in [0.15, 0.2) is 0 Å². The minimum absolute atomic E-state index is 0.163. The summed E-state index contributed by atoms with van der Waals surface area (Å²) in [6.07, 6.45) is 3.31. The second-order valence-corrected chi connectivity index (χ2v) is 4.92. The molecule has 4 heteroatoms. The van der Waals surface area contributed by atoms with E-state index in [9.17, 15) is 4.79 Å². The standard InChI is InChI=1S/C7H14Cl2.C4H8O2/c1-6(2)4-3-5-7(8)9;1-3-6-4(2)5/h6-7H,3-5H2,1-2H3;3H2,1-2H3. The van der Waals surface area contributed by atoms with Crippen LogP contribution in [0.5, 0.6) is 0 Å². The van der Waals surface area contributed by atoms with Crippen LogP contribution in [0.3, 0.4) is 0 Å². The highest BCUT2D eigenvalue weighted by molar-refractivity contribution is 6.44. The number of esters is 1. The molecule has 0 aliphatic carbocycles. The maximum atomic E-state index is 9.82. The molecule has 2 nitrogen and oxygen atoms in total. The van der Waals surface area contributed by atoms with Crippen LogP contribution in [0.4, 0.5) is 0 Å². The fraction of sp³-hybridized carbons (Fsp3) is 0.909. The third kappa shape index (κ3) is 24.9. The summed E-state index contributed by atoms with van der Waals surface area (Å²) in [6.45, 7) is 8.06. The van der Waals surface area contributed by atoms with Gasteiger partial charge < -0.3 is 4.74 Å². The molecule has 0 heterocycles. The van der Waals surface area contributed by atoms with Gasteiger partial charge in [0, 0.05) is 6.92 Å². The summed E-state index contributed by atoms with van der Waals surface area (Å²) in [5.41, 5.74) is 0. The third-order valence-corrected chi connectivity index (χ3v) is 1.99. The van der Waals surface area contributed by atoms with Gasteiger partial charge in [0.05, 0.1) is 6.61 Å². The van der Waals surface area contributed by atoms with E-state index in [1.165, 1.54) is 13.3 Å². The van der Waals surface area contributed by atoms with Crippen molar-refractivity contribution in [3.05, 3.63) is 0 Å².